The van der Waals surface area contributed by atoms with Gasteiger partial charge in [-0.15, -0.1) is 0 Å². The lowest BCUT2D eigenvalue weighted by Crippen LogP contribution is -2.55. The third kappa shape index (κ3) is 4.70. The zero-order valence-electron chi connectivity index (χ0n) is 16.6. The maximum atomic E-state index is 13.0. The number of carbonyl (C=O) groups is 2. The molecule has 2 saturated heterocycles. The highest BCUT2D eigenvalue weighted by molar-refractivity contribution is 5.94. The van der Waals surface area contributed by atoms with Gasteiger partial charge in [0.15, 0.2) is 0 Å². The van der Waals surface area contributed by atoms with Crippen LogP contribution in [0.5, 0.6) is 0 Å². The monoisotopic (exact) mass is 372 g/mol. The van der Waals surface area contributed by atoms with Gasteiger partial charge in [0.1, 0.15) is 0 Å². The Labute approximate surface area is 162 Å². The molecular formula is C22H32N2O3. The van der Waals surface area contributed by atoms with Gasteiger partial charge in [-0.25, -0.2) is 0 Å². The predicted octanol–water partition coefficient (Wildman–Crippen LogP) is 3.07. The fourth-order valence-corrected chi connectivity index (χ4v) is 4.37. The summed E-state index contributed by atoms with van der Waals surface area (Å²) < 4.78 is 0. The van der Waals surface area contributed by atoms with Gasteiger partial charge in [-0.3, -0.25) is 9.59 Å². The summed E-state index contributed by atoms with van der Waals surface area (Å²) in [7, 11) is 0. The first-order valence-corrected chi connectivity index (χ1v) is 10.2. The molecule has 0 unspecified atom stereocenters. The highest BCUT2D eigenvalue weighted by atomic mass is 16.3. The molecule has 3 rings (SSSR count). The first-order chi connectivity index (χ1) is 12.9. The number of carbonyl (C=O) groups excluding carboxylic acids is 2. The molecule has 0 bridgehead atoms. The normalized spacial score (nSPS) is 23.3. The lowest BCUT2D eigenvalue weighted by molar-refractivity contribution is -0.139. The number of nitrogens with zero attached hydrogens (tertiary/aromatic N) is 2. The Morgan fingerprint density at radius 3 is 2.59 bits per heavy atom. The number of likely N-dealkylation sites (tertiary alicyclic amines) is 2. The molecule has 2 aliphatic rings. The minimum absolute atomic E-state index is 0.0124. The van der Waals surface area contributed by atoms with Gasteiger partial charge in [0, 0.05) is 43.6 Å². The molecule has 1 spiro atoms. The minimum Gasteiger partial charge on any atom is -0.392 e. The Balaban J connectivity index is 1.68. The van der Waals surface area contributed by atoms with Gasteiger partial charge >= 0.3 is 0 Å². The molecule has 0 saturated carbocycles. The van der Waals surface area contributed by atoms with Gasteiger partial charge in [0.05, 0.1) is 6.61 Å². The molecule has 1 aromatic rings. The Morgan fingerprint density at radius 2 is 1.93 bits per heavy atom. The summed E-state index contributed by atoms with van der Waals surface area (Å²) in [5.74, 6) is 0.913. The van der Waals surface area contributed by atoms with Crippen molar-refractivity contribution in [3.8, 4) is 0 Å². The van der Waals surface area contributed by atoms with E-state index < -0.39 is 0 Å². The summed E-state index contributed by atoms with van der Waals surface area (Å²) in [6.07, 6.45) is 4.60. The fourth-order valence-electron chi connectivity index (χ4n) is 4.37. The van der Waals surface area contributed by atoms with Crippen LogP contribution in [0.4, 0.5) is 0 Å². The number of piperidine rings is 2. The van der Waals surface area contributed by atoms with Crippen molar-refractivity contribution in [3.05, 3.63) is 35.4 Å². The number of rotatable bonds is 5. The average molecular weight is 373 g/mol. The van der Waals surface area contributed by atoms with E-state index in [1.165, 1.54) is 0 Å². The third-order valence-electron chi connectivity index (χ3n) is 6.06. The lowest BCUT2D eigenvalue weighted by atomic mass is 9.73. The second-order valence-electron chi connectivity index (χ2n) is 8.68. The van der Waals surface area contributed by atoms with Crippen LogP contribution in [-0.4, -0.2) is 52.9 Å². The molecule has 1 aromatic carbocycles. The molecule has 1 atom stereocenters. The van der Waals surface area contributed by atoms with Crippen LogP contribution in [0.2, 0.25) is 0 Å². The van der Waals surface area contributed by atoms with E-state index in [9.17, 15) is 14.7 Å². The number of benzene rings is 1. The molecular weight excluding hydrogens is 340 g/mol. The molecule has 2 amide bonds. The van der Waals surface area contributed by atoms with E-state index in [-0.39, 0.29) is 23.8 Å². The molecule has 0 radical (unpaired) electrons. The molecule has 0 aliphatic carbocycles. The summed E-state index contributed by atoms with van der Waals surface area (Å²) >= 11 is 0. The van der Waals surface area contributed by atoms with Crippen LogP contribution in [0.15, 0.2) is 24.3 Å². The third-order valence-corrected chi connectivity index (χ3v) is 6.06. The van der Waals surface area contributed by atoms with Crippen molar-refractivity contribution < 1.29 is 14.7 Å². The van der Waals surface area contributed by atoms with Crippen LogP contribution in [0.25, 0.3) is 0 Å². The molecule has 148 valence electrons. The van der Waals surface area contributed by atoms with Crippen molar-refractivity contribution in [2.45, 2.75) is 52.6 Å². The van der Waals surface area contributed by atoms with Crippen LogP contribution in [0, 0.1) is 11.3 Å². The van der Waals surface area contributed by atoms with Crippen LogP contribution >= 0.6 is 0 Å². The van der Waals surface area contributed by atoms with Crippen molar-refractivity contribution >= 4 is 11.8 Å². The van der Waals surface area contributed by atoms with Crippen molar-refractivity contribution in [3.63, 3.8) is 0 Å². The molecule has 2 fully saturated rings. The van der Waals surface area contributed by atoms with Crippen molar-refractivity contribution in [2.75, 3.05) is 26.2 Å². The zero-order valence-corrected chi connectivity index (χ0v) is 16.6. The molecule has 2 heterocycles. The lowest BCUT2D eigenvalue weighted by Gasteiger charge is -2.48. The SMILES string of the molecule is CC(C)CCN1C[C@]2(CCCN(C(=O)c3ccc(CO)cc3)C2)CCC1=O. The maximum Gasteiger partial charge on any atom is 0.253 e. The van der Waals surface area contributed by atoms with Gasteiger partial charge in [-0.1, -0.05) is 26.0 Å². The number of hydrogen-bond donors (Lipinski definition) is 1. The maximum absolute atomic E-state index is 13.0. The van der Waals surface area contributed by atoms with E-state index in [1.807, 2.05) is 9.80 Å². The van der Waals surface area contributed by atoms with Crippen LogP contribution in [0.1, 0.15) is 61.9 Å². The Bertz CT molecular complexity index is 671. The van der Waals surface area contributed by atoms with Crippen molar-refractivity contribution in [1.29, 1.82) is 0 Å². The van der Waals surface area contributed by atoms with Gasteiger partial charge in [0.25, 0.3) is 5.91 Å². The van der Waals surface area contributed by atoms with Gasteiger partial charge in [-0.2, -0.15) is 0 Å². The van der Waals surface area contributed by atoms with E-state index in [1.54, 1.807) is 24.3 Å². The first-order valence-electron chi connectivity index (χ1n) is 10.2. The summed E-state index contributed by atoms with van der Waals surface area (Å²) in [5.41, 5.74) is 1.53. The minimum atomic E-state index is -0.0124. The topological polar surface area (TPSA) is 60.9 Å². The predicted molar refractivity (Wildman–Crippen MR) is 105 cm³/mol. The molecule has 27 heavy (non-hydrogen) atoms. The molecule has 1 N–H and O–H groups in total. The van der Waals surface area contributed by atoms with E-state index in [0.717, 1.165) is 57.4 Å². The van der Waals surface area contributed by atoms with E-state index in [4.69, 9.17) is 0 Å². The second-order valence-corrected chi connectivity index (χ2v) is 8.68. The summed E-state index contributed by atoms with van der Waals surface area (Å²) in [6, 6.07) is 7.21. The highest BCUT2D eigenvalue weighted by Crippen LogP contribution is 2.39. The number of aliphatic hydroxyl groups excluding tert-OH is 1. The molecule has 5 nitrogen and oxygen atoms in total. The highest BCUT2D eigenvalue weighted by Gasteiger charge is 2.42. The molecule has 0 aromatic heterocycles. The largest absolute Gasteiger partial charge is 0.392 e. The summed E-state index contributed by atoms with van der Waals surface area (Å²) in [4.78, 5) is 29.3. The Kier molecular flexibility index (Phi) is 6.20. The summed E-state index contributed by atoms with van der Waals surface area (Å²) in [6.45, 7) is 7.49. The van der Waals surface area contributed by atoms with Crippen molar-refractivity contribution in [1.82, 2.24) is 9.80 Å². The van der Waals surface area contributed by atoms with Gasteiger partial charge < -0.3 is 14.9 Å². The second kappa shape index (κ2) is 8.42. The van der Waals surface area contributed by atoms with E-state index in [0.29, 0.717) is 17.9 Å². The van der Waals surface area contributed by atoms with Crippen molar-refractivity contribution in [2.24, 2.45) is 11.3 Å². The first kappa shape index (κ1) is 19.9. The zero-order chi connectivity index (χ0) is 19.4. The number of amides is 2. The average Bonchev–Trinajstić information content (AvgIpc) is 2.68. The fraction of sp³-hybridized carbons (Fsp3) is 0.636. The van der Waals surface area contributed by atoms with Crippen LogP contribution in [0.3, 0.4) is 0 Å². The van der Waals surface area contributed by atoms with E-state index >= 15 is 0 Å². The van der Waals surface area contributed by atoms with Gasteiger partial charge in [0.2, 0.25) is 5.91 Å². The van der Waals surface area contributed by atoms with Crippen LogP contribution < -0.4 is 0 Å². The van der Waals surface area contributed by atoms with Crippen LogP contribution in [-0.2, 0) is 11.4 Å². The quantitative estimate of drug-likeness (QED) is 0.864. The standard InChI is InChI=1S/C22H32N2O3/c1-17(2)9-13-23-15-22(11-8-20(23)26)10-3-12-24(16-22)21(27)19-6-4-18(14-25)5-7-19/h4-7,17,25H,3,8-16H2,1-2H3/t22-/m0/s1. The summed E-state index contributed by atoms with van der Waals surface area (Å²) in [5, 5.41) is 9.18. The molecule has 5 heteroatoms. The Morgan fingerprint density at radius 1 is 1.19 bits per heavy atom. The van der Waals surface area contributed by atoms with E-state index in [2.05, 4.69) is 13.8 Å². The number of aliphatic hydroxyl groups is 1. The Hall–Kier alpha value is -1.88. The van der Waals surface area contributed by atoms with Gasteiger partial charge in [-0.05, 0) is 49.3 Å². The molecule has 2 aliphatic heterocycles. The smallest absolute Gasteiger partial charge is 0.253 e. The number of hydrogen-bond acceptors (Lipinski definition) is 3.